The second-order valence-electron chi connectivity index (χ2n) is 3.18. The number of rotatable bonds is 1. The highest BCUT2D eigenvalue weighted by molar-refractivity contribution is 6.18. The van der Waals surface area contributed by atoms with Crippen molar-refractivity contribution < 1.29 is 0 Å². The molecule has 0 radical (unpaired) electrons. The Morgan fingerprint density at radius 2 is 2.00 bits per heavy atom. The molecule has 1 rings (SSSR count). The normalized spacial score (nSPS) is 36.7. The van der Waals surface area contributed by atoms with Crippen LogP contribution in [0.2, 0.25) is 0 Å². The van der Waals surface area contributed by atoms with Crippen LogP contribution in [0.15, 0.2) is 0 Å². The van der Waals surface area contributed by atoms with E-state index in [2.05, 4.69) is 6.92 Å². The van der Waals surface area contributed by atoms with Crippen LogP contribution in [0.1, 0.15) is 32.6 Å². The van der Waals surface area contributed by atoms with Crippen LogP contribution in [0.5, 0.6) is 0 Å². The van der Waals surface area contributed by atoms with E-state index < -0.39 is 0 Å². The van der Waals surface area contributed by atoms with Crippen molar-refractivity contribution in [3.63, 3.8) is 0 Å². The van der Waals surface area contributed by atoms with Gasteiger partial charge in [0, 0.05) is 5.88 Å². The van der Waals surface area contributed by atoms with Gasteiger partial charge in [-0.15, -0.1) is 11.6 Å². The minimum atomic E-state index is 0.820. The molecule has 0 aromatic carbocycles. The van der Waals surface area contributed by atoms with Crippen LogP contribution in [0.4, 0.5) is 0 Å². The fourth-order valence-corrected chi connectivity index (χ4v) is 2.08. The Balaban J connectivity index is 2.30. The Hall–Kier alpha value is 0.290. The first-order valence-electron chi connectivity index (χ1n) is 3.90. The van der Waals surface area contributed by atoms with E-state index in [1.54, 1.807) is 0 Å². The third-order valence-electron chi connectivity index (χ3n) is 2.49. The van der Waals surface area contributed by atoms with Crippen LogP contribution < -0.4 is 0 Å². The monoisotopic (exact) mass is 146 g/mol. The number of hydrogen-bond donors (Lipinski definition) is 0. The molecule has 0 aromatic heterocycles. The van der Waals surface area contributed by atoms with Crippen molar-refractivity contribution in [1.29, 1.82) is 0 Å². The molecule has 1 aliphatic rings. The molecular formula is C8H15Cl. The standard InChI is InChI=1S/C8H15Cl/c1-7-4-2-3-5-8(7)6-9/h7-8H,2-6H2,1H3. The van der Waals surface area contributed by atoms with E-state index in [0.29, 0.717) is 0 Å². The van der Waals surface area contributed by atoms with Gasteiger partial charge in [0.25, 0.3) is 0 Å². The highest BCUT2D eigenvalue weighted by Crippen LogP contribution is 2.29. The third-order valence-corrected chi connectivity index (χ3v) is 2.88. The number of hydrogen-bond acceptors (Lipinski definition) is 0. The van der Waals surface area contributed by atoms with Crippen LogP contribution in [-0.4, -0.2) is 5.88 Å². The summed E-state index contributed by atoms with van der Waals surface area (Å²) in [5.74, 6) is 2.58. The molecule has 0 aromatic rings. The lowest BCUT2D eigenvalue weighted by Gasteiger charge is -2.26. The lowest BCUT2D eigenvalue weighted by molar-refractivity contribution is 0.280. The third kappa shape index (κ3) is 1.86. The average Bonchev–Trinajstić information content (AvgIpc) is 1.89. The summed E-state index contributed by atoms with van der Waals surface area (Å²) >= 11 is 5.78. The number of halogens is 1. The molecule has 1 fully saturated rings. The van der Waals surface area contributed by atoms with Gasteiger partial charge in [-0.3, -0.25) is 0 Å². The van der Waals surface area contributed by atoms with Crippen LogP contribution in [0.25, 0.3) is 0 Å². The van der Waals surface area contributed by atoms with Gasteiger partial charge in [-0.25, -0.2) is 0 Å². The molecule has 1 heteroatoms. The average molecular weight is 147 g/mol. The molecule has 1 aliphatic carbocycles. The maximum absolute atomic E-state index is 5.78. The molecule has 0 aliphatic heterocycles. The predicted octanol–water partition coefficient (Wildman–Crippen LogP) is 3.05. The van der Waals surface area contributed by atoms with Gasteiger partial charge in [0.05, 0.1) is 0 Å². The molecule has 1 saturated carbocycles. The molecule has 9 heavy (non-hydrogen) atoms. The summed E-state index contributed by atoms with van der Waals surface area (Å²) in [6.45, 7) is 2.33. The van der Waals surface area contributed by atoms with E-state index in [-0.39, 0.29) is 0 Å². The summed E-state index contributed by atoms with van der Waals surface area (Å²) in [7, 11) is 0. The van der Waals surface area contributed by atoms with Gasteiger partial charge in [0.15, 0.2) is 0 Å². The Morgan fingerprint density at radius 3 is 2.44 bits per heavy atom. The van der Waals surface area contributed by atoms with Crippen LogP contribution in [0, 0.1) is 11.8 Å². The van der Waals surface area contributed by atoms with Crippen molar-refractivity contribution in [2.75, 3.05) is 5.88 Å². The Bertz CT molecular complexity index is 80.6. The van der Waals surface area contributed by atoms with E-state index in [0.717, 1.165) is 17.7 Å². The van der Waals surface area contributed by atoms with Crippen molar-refractivity contribution in [3.05, 3.63) is 0 Å². The Labute approximate surface area is 62.6 Å². The van der Waals surface area contributed by atoms with E-state index >= 15 is 0 Å². The fourth-order valence-electron chi connectivity index (χ4n) is 1.62. The molecular weight excluding hydrogens is 132 g/mol. The van der Waals surface area contributed by atoms with Crippen molar-refractivity contribution in [1.82, 2.24) is 0 Å². The number of alkyl halides is 1. The van der Waals surface area contributed by atoms with Crippen LogP contribution >= 0.6 is 11.6 Å². The first-order chi connectivity index (χ1) is 4.34. The molecule has 2 unspecified atom stereocenters. The van der Waals surface area contributed by atoms with E-state index in [9.17, 15) is 0 Å². The van der Waals surface area contributed by atoms with Crippen LogP contribution in [0.3, 0.4) is 0 Å². The molecule has 0 spiro atoms. The minimum absolute atomic E-state index is 0.820. The molecule has 0 heterocycles. The topological polar surface area (TPSA) is 0 Å². The first-order valence-corrected chi connectivity index (χ1v) is 4.44. The Morgan fingerprint density at radius 1 is 1.33 bits per heavy atom. The zero-order valence-electron chi connectivity index (χ0n) is 6.07. The highest BCUT2D eigenvalue weighted by atomic mass is 35.5. The lowest BCUT2D eigenvalue weighted by atomic mass is 9.82. The molecule has 0 saturated heterocycles. The van der Waals surface area contributed by atoms with Gasteiger partial charge in [0.1, 0.15) is 0 Å². The van der Waals surface area contributed by atoms with E-state index in [1.807, 2.05) is 0 Å². The molecule has 0 amide bonds. The summed E-state index contributed by atoms with van der Waals surface area (Å²) in [4.78, 5) is 0. The van der Waals surface area contributed by atoms with Gasteiger partial charge >= 0.3 is 0 Å². The zero-order chi connectivity index (χ0) is 6.69. The summed E-state index contributed by atoms with van der Waals surface area (Å²) in [5.41, 5.74) is 0. The van der Waals surface area contributed by atoms with Gasteiger partial charge < -0.3 is 0 Å². The van der Waals surface area contributed by atoms with Gasteiger partial charge in [-0.2, -0.15) is 0 Å². The van der Waals surface area contributed by atoms with Crippen LogP contribution in [-0.2, 0) is 0 Å². The molecule has 0 nitrogen and oxygen atoms in total. The Kier molecular flexibility index (Phi) is 2.84. The summed E-state index contributed by atoms with van der Waals surface area (Å²) in [5, 5.41) is 0. The predicted molar refractivity (Wildman–Crippen MR) is 41.8 cm³/mol. The second-order valence-corrected chi connectivity index (χ2v) is 3.48. The summed E-state index contributed by atoms with van der Waals surface area (Å²) < 4.78 is 0. The smallest absolute Gasteiger partial charge is 0.0254 e. The summed E-state index contributed by atoms with van der Waals surface area (Å²) in [6, 6.07) is 0. The molecule has 54 valence electrons. The molecule has 0 bridgehead atoms. The van der Waals surface area contributed by atoms with Gasteiger partial charge in [-0.05, 0) is 18.3 Å². The largest absolute Gasteiger partial charge is 0.126 e. The van der Waals surface area contributed by atoms with E-state index in [1.165, 1.54) is 25.7 Å². The van der Waals surface area contributed by atoms with Crippen molar-refractivity contribution in [2.24, 2.45) is 11.8 Å². The van der Waals surface area contributed by atoms with E-state index in [4.69, 9.17) is 11.6 Å². The minimum Gasteiger partial charge on any atom is -0.126 e. The maximum atomic E-state index is 5.78. The maximum Gasteiger partial charge on any atom is 0.0254 e. The lowest BCUT2D eigenvalue weighted by Crippen LogP contribution is -2.17. The highest BCUT2D eigenvalue weighted by Gasteiger charge is 2.19. The second kappa shape index (κ2) is 3.46. The van der Waals surface area contributed by atoms with Gasteiger partial charge in [-0.1, -0.05) is 26.2 Å². The first kappa shape index (κ1) is 7.40. The van der Waals surface area contributed by atoms with Crippen molar-refractivity contribution in [3.8, 4) is 0 Å². The SMILES string of the molecule is CC1CCCCC1CCl. The quantitative estimate of drug-likeness (QED) is 0.499. The van der Waals surface area contributed by atoms with Gasteiger partial charge in [0.2, 0.25) is 0 Å². The van der Waals surface area contributed by atoms with Crippen molar-refractivity contribution >= 4 is 11.6 Å². The van der Waals surface area contributed by atoms with Crippen molar-refractivity contribution in [2.45, 2.75) is 32.6 Å². The fraction of sp³-hybridized carbons (Fsp3) is 1.00. The molecule has 0 N–H and O–H groups in total. The molecule has 2 atom stereocenters. The zero-order valence-corrected chi connectivity index (χ0v) is 6.82. The summed E-state index contributed by atoms with van der Waals surface area (Å²) in [6.07, 6.45) is 5.60.